The minimum atomic E-state index is -0.577. The number of para-hydroxylation sites is 1. The van der Waals surface area contributed by atoms with Gasteiger partial charge in [-0.2, -0.15) is 0 Å². The quantitative estimate of drug-likeness (QED) is 0.188. The maximum Gasteiger partial charge on any atom is 0.234 e. The minimum Gasteiger partial charge on any atom is -0.325 e. The Kier molecular flexibility index (Phi) is 10.1. The van der Waals surface area contributed by atoms with Gasteiger partial charge < -0.3 is 16.0 Å². The van der Waals surface area contributed by atoms with Gasteiger partial charge in [0.1, 0.15) is 0 Å². The van der Waals surface area contributed by atoms with E-state index in [1.807, 2.05) is 71.9 Å². The van der Waals surface area contributed by atoms with Gasteiger partial charge in [-0.3, -0.25) is 19.2 Å². The number of aryl methyl sites for hydroxylation is 1. The Bertz CT molecular complexity index is 1640. The third-order valence-corrected chi connectivity index (χ3v) is 9.20. The standard InChI is InChI=1S/C13H14ClNO2.C13H16ClNO.C10H11NO/c1-13(2)9-7-8(11(16)5-6-14)3-4-10(9)15-12(13)17;1-13(2)10-8-9(4-3-7-14)5-6-11(10)15-12(13)16;1-10(2)7-5-3-4-6-8(7)11-9(10)12/h3-4,7H,5-6H2,1-2H3,(H,15,17);5-6,8H,3-4,7H2,1-2H3,(H,15,16);3-6H,1-2H3,(H,11,12). The van der Waals surface area contributed by atoms with Crippen molar-refractivity contribution in [3.05, 3.63) is 88.5 Å². The van der Waals surface area contributed by atoms with Crippen molar-refractivity contribution in [2.24, 2.45) is 0 Å². The normalized spacial score (nSPS) is 17.3. The Balaban J connectivity index is 0.000000156. The molecule has 3 N–H and O–H groups in total. The van der Waals surface area contributed by atoms with E-state index >= 15 is 0 Å². The number of amides is 3. The molecule has 45 heavy (non-hydrogen) atoms. The van der Waals surface area contributed by atoms with E-state index in [9.17, 15) is 19.2 Å². The average Bonchev–Trinajstić information content (AvgIpc) is 3.48. The number of Topliss-reactive ketones (excluding diaryl/α,β-unsaturated/α-hetero) is 1. The van der Waals surface area contributed by atoms with Crippen LogP contribution >= 0.6 is 23.2 Å². The van der Waals surface area contributed by atoms with Gasteiger partial charge in [-0.1, -0.05) is 30.3 Å². The molecule has 0 unspecified atom stereocenters. The first-order valence-corrected chi connectivity index (χ1v) is 16.2. The monoisotopic (exact) mass is 649 g/mol. The van der Waals surface area contributed by atoms with E-state index in [0.29, 0.717) is 23.7 Å². The lowest BCUT2D eigenvalue weighted by atomic mass is 9.85. The molecule has 0 saturated heterocycles. The lowest BCUT2D eigenvalue weighted by molar-refractivity contribution is -0.120. The summed E-state index contributed by atoms with van der Waals surface area (Å²) in [6.07, 6.45) is 2.27. The number of hydrogen-bond donors (Lipinski definition) is 3. The molecule has 0 aliphatic carbocycles. The summed E-state index contributed by atoms with van der Waals surface area (Å²) in [6, 6.07) is 19.3. The Labute approximate surface area is 275 Å². The first-order chi connectivity index (χ1) is 21.1. The second-order valence-corrected chi connectivity index (χ2v) is 13.8. The van der Waals surface area contributed by atoms with Crippen molar-refractivity contribution in [2.45, 2.75) is 77.0 Å². The minimum absolute atomic E-state index is 0.0120. The Morgan fingerprint density at radius 3 is 1.64 bits per heavy atom. The van der Waals surface area contributed by atoms with Gasteiger partial charge in [-0.05, 0) is 107 Å². The highest BCUT2D eigenvalue weighted by atomic mass is 35.5. The predicted octanol–water partition coefficient (Wildman–Crippen LogP) is 7.73. The Hall–Kier alpha value is -3.68. The van der Waals surface area contributed by atoms with Gasteiger partial charge in [0.2, 0.25) is 17.7 Å². The molecule has 0 fully saturated rings. The topological polar surface area (TPSA) is 104 Å². The summed E-state index contributed by atoms with van der Waals surface area (Å²) in [4.78, 5) is 46.7. The zero-order valence-electron chi connectivity index (χ0n) is 26.7. The molecule has 0 saturated carbocycles. The number of carbonyl (C=O) groups is 4. The van der Waals surface area contributed by atoms with Crippen LogP contribution in [0, 0.1) is 0 Å². The summed E-state index contributed by atoms with van der Waals surface area (Å²) >= 11 is 11.2. The van der Waals surface area contributed by atoms with Crippen molar-refractivity contribution in [3.63, 3.8) is 0 Å². The second kappa shape index (κ2) is 13.4. The number of benzene rings is 3. The van der Waals surface area contributed by atoms with Crippen molar-refractivity contribution < 1.29 is 19.2 Å². The van der Waals surface area contributed by atoms with Crippen LogP contribution in [0.2, 0.25) is 0 Å². The average molecular weight is 651 g/mol. The van der Waals surface area contributed by atoms with Crippen molar-refractivity contribution >= 4 is 63.8 Å². The van der Waals surface area contributed by atoms with Crippen LogP contribution in [0.25, 0.3) is 0 Å². The van der Waals surface area contributed by atoms with Crippen molar-refractivity contribution in [3.8, 4) is 0 Å². The molecule has 3 heterocycles. The Morgan fingerprint density at radius 1 is 0.622 bits per heavy atom. The summed E-state index contributed by atoms with van der Waals surface area (Å²) in [5, 5.41) is 8.56. The molecular weight excluding hydrogens is 609 g/mol. The number of rotatable bonds is 6. The molecule has 7 nitrogen and oxygen atoms in total. The maximum absolute atomic E-state index is 11.7. The number of hydrogen-bond acceptors (Lipinski definition) is 4. The number of nitrogens with one attached hydrogen (secondary N) is 3. The molecule has 0 radical (unpaired) electrons. The highest BCUT2D eigenvalue weighted by Gasteiger charge is 2.40. The molecule has 3 aromatic carbocycles. The molecule has 6 rings (SSSR count). The third kappa shape index (κ3) is 6.95. The first kappa shape index (κ1) is 34.2. The van der Waals surface area contributed by atoms with Gasteiger partial charge in [0, 0.05) is 40.8 Å². The van der Waals surface area contributed by atoms with Crippen LogP contribution in [0.3, 0.4) is 0 Å². The van der Waals surface area contributed by atoms with Crippen LogP contribution in [0.5, 0.6) is 0 Å². The highest BCUT2D eigenvalue weighted by Crippen LogP contribution is 2.39. The zero-order chi connectivity index (χ0) is 33.2. The van der Waals surface area contributed by atoms with Gasteiger partial charge in [-0.15, -0.1) is 23.2 Å². The molecule has 3 amide bonds. The van der Waals surface area contributed by atoms with E-state index in [4.69, 9.17) is 23.2 Å². The molecule has 3 aliphatic rings. The van der Waals surface area contributed by atoms with Crippen LogP contribution in [-0.4, -0.2) is 35.3 Å². The summed E-state index contributed by atoms with van der Waals surface area (Å²) in [5.74, 6) is 1.14. The molecule has 3 aliphatic heterocycles. The molecule has 0 aromatic heterocycles. The number of anilines is 3. The number of ketones is 1. The molecule has 3 aromatic rings. The predicted molar refractivity (Wildman–Crippen MR) is 183 cm³/mol. The van der Waals surface area contributed by atoms with E-state index in [1.54, 1.807) is 18.2 Å². The van der Waals surface area contributed by atoms with E-state index in [2.05, 4.69) is 28.1 Å². The van der Waals surface area contributed by atoms with E-state index in [1.165, 1.54) is 5.56 Å². The molecule has 238 valence electrons. The van der Waals surface area contributed by atoms with Gasteiger partial charge in [-0.25, -0.2) is 0 Å². The van der Waals surface area contributed by atoms with Crippen molar-refractivity contribution in [1.29, 1.82) is 0 Å². The SMILES string of the molecule is CC1(C)C(=O)Nc2ccc(C(=O)CCCl)cc21.CC1(C)C(=O)Nc2ccc(CCCCl)cc21.CC1(C)C(=O)Nc2ccccc21. The summed E-state index contributed by atoms with van der Waals surface area (Å²) in [5.41, 5.74) is 6.29. The highest BCUT2D eigenvalue weighted by molar-refractivity contribution is 6.19. The molecular formula is C36H41Cl2N3O4. The summed E-state index contributed by atoms with van der Waals surface area (Å²) in [6.45, 7) is 11.5. The molecule has 0 bridgehead atoms. The third-order valence-electron chi connectivity index (χ3n) is 8.74. The van der Waals surface area contributed by atoms with Gasteiger partial charge in [0.25, 0.3) is 0 Å². The zero-order valence-corrected chi connectivity index (χ0v) is 28.2. The van der Waals surface area contributed by atoms with Crippen LogP contribution in [-0.2, 0) is 37.0 Å². The van der Waals surface area contributed by atoms with Gasteiger partial charge >= 0.3 is 0 Å². The lowest BCUT2D eigenvalue weighted by Gasteiger charge is -2.15. The number of carbonyl (C=O) groups excluding carboxylic acids is 4. The van der Waals surface area contributed by atoms with Crippen molar-refractivity contribution in [1.82, 2.24) is 0 Å². The lowest BCUT2D eigenvalue weighted by Crippen LogP contribution is -2.27. The fourth-order valence-electron chi connectivity index (χ4n) is 5.56. The summed E-state index contributed by atoms with van der Waals surface area (Å²) < 4.78 is 0. The van der Waals surface area contributed by atoms with E-state index in [0.717, 1.165) is 46.6 Å². The largest absolute Gasteiger partial charge is 0.325 e. The number of halogens is 2. The molecule has 0 atom stereocenters. The number of fused-ring (bicyclic) bond motifs is 3. The van der Waals surface area contributed by atoms with E-state index in [-0.39, 0.29) is 28.9 Å². The van der Waals surface area contributed by atoms with Crippen LogP contribution < -0.4 is 16.0 Å². The second-order valence-electron chi connectivity index (χ2n) is 13.1. The fraction of sp³-hybridized carbons (Fsp3) is 0.389. The van der Waals surface area contributed by atoms with Crippen LogP contribution in [0.4, 0.5) is 17.1 Å². The van der Waals surface area contributed by atoms with Crippen LogP contribution in [0.1, 0.15) is 87.0 Å². The number of alkyl halides is 2. The van der Waals surface area contributed by atoms with E-state index < -0.39 is 10.8 Å². The van der Waals surface area contributed by atoms with Crippen LogP contribution in [0.15, 0.2) is 60.7 Å². The summed E-state index contributed by atoms with van der Waals surface area (Å²) in [7, 11) is 0. The van der Waals surface area contributed by atoms with Crippen molar-refractivity contribution in [2.75, 3.05) is 27.7 Å². The molecule has 9 heteroatoms. The maximum atomic E-state index is 11.7. The smallest absolute Gasteiger partial charge is 0.234 e. The van der Waals surface area contributed by atoms with Gasteiger partial charge in [0.15, 0.2) is 5.78 Å². The van der Waals surface area contributed by atoms with Gasteiger partial charge in [0.05, 0.1) is 16.2 Å². The molecule has 0 spiro atoms. The Morgan fingerprint density at radius 2 is 1.11 bits per heavy atom. The fourth-order valence-corrected chi connectivity index (χ4v) is 5.86. The first-order valence-electron chi connectivity index (χ1n) is 15.1.